The van der Waals surface area contributed by atoms with Crippen molar-refractivity contribution in [3.63, 3.8) is 0 Å². The predicted molar refractivity (Wildman–Crippen MR) is 130 cm³/mol. The molecule has 33 heavy (non-hydrogen) atoms. The van der Waals surface area contributed by atoms with E-state index in [1.54, 1.807) is 0 Å². The standard InChI is InChI=1S/C29H48O4/c1-4-19-15-20(5-2)28-23-17-21(27(19)28)16-22(23)24(32-26-11-7-10-14-31-26)18-25(30)33-29(6-3)12-8-9-13-29/h19-24,26-28H,4-18H2,1-3H3. The molecule has 0 radical (unpaired) electrons. The predicted octanol–water partition coefficient (Wildman–Crippen LogP) is 6.90. The summed E-state index contributed by atoms with van der Waals surface area (Å²) in [6.45, 7) is 7.76. The zero-order valence-corrected chi connectivity index (χ0v) is 21.4. The zero-order valence-electron chi connectivity index (χ0n) is 21.4. The van der Waals surface area contributed by atoms with Crippen LogP contribution < -0.4 is 0 Å². The summed E-state index contributed by atoms with van der Waals surface area (Å²) in [6.07, 6.45) is 15.6. The van der Waals surface area contributed by atoms with E-state index in [9.17, 15) is 4.79 Å². The van der Waals surface area contributed by atoms with Gasteiger partial charge in [-0.25, -0.2) is 0 Å². The van der Waals surface area contributed by atoms with Crippen LogP contribution in [-0.4, -0.2) is 30.6 Å². The van der Waals surface area contributed by atoms with Crippen molar-refractivity contribution in [2.75, 3.05) is 6.61 Å². The molecule has 5 fully saturated rings. The molecule has 1 saturated heterocycles. The molecule has 5 rings (SSSR count). The Kier molecular flexibility index (Phi) is 7.43. The second kappa shape index (κ2) is 10.2. The van der Waals surface area contributed by atoms with E-state index in [2.05, 4.69) is 20.8 Å². The van der Waals surface area contributed by atoms with Gasteiger partial charge in [-0.05, 0) is 112 Å². The first-order valence-electron chi connectivity index (χ1n) is 14.6. The van der Waals surface area contributed by atoms with Crippen LogP contribution in [0.5, 0.6) is 0 Å². The number of carbonyl (C=O) groups excluding carboxylic acids is 1. The van der Waals surface area contributed by atoms with Crippen molar-refractivity contribution >= 4 is 5.97 Å². The molecule has 1 heterocycles. The monoisotopic (exact) mass is 460 g/mol. The maximum absolute atomic E-state index is 13.3. The van der Waals surface area contributed by atoms with Gasteiger partial charge in [-0.1, -0.05) is 33.6 Å². The topological polar surface area (TPSA) is 44.8 Å². The smallest absolute Gasteiger partial charge is 0.308 e. The molecule has 4 saturated carbocycles. The lowest BCUT2D eigenvalue weighted by Crippen LogP contribution is -2.42. The van der Waals surface area contributed by atoms with Crippen molar-refractivity contribution < 1.29 is 19.0 Å². The van der Waals surface area contributed by atoms with Gasteiger partial charge in [-0.2, -0.15) is 0 Å². The lowest BCUT2D eigenvalue weighted by molar-refractivity contribution is -0.210. The van der Waals surface area contributed by atoms with Gasteiger partial charge >= 0.3 is 5.97 Å². The maximum atomic E-state index is 13.3. The molecule has 188 valence electrons. The summed E-state index contributed by atoms with van der Waals surface area (Å²) < 4.78 is 18.9. The fraction of sp³-hybridized carbons (Fsp3) is 0.966. The van der Waals surface area contributed by atoms with E-state index < -0.39 is 0 Å². The van der Waals surface area contributed by atoms with Crippen LogP contribution in [-0.2, 0) is 19.0 Å². The van der Waals surface area contributed by atoms with Crippen molar-refractivity contribution in [2.24, 2.45) is 41.4 Å². The highest BCUT2D eigenvalue weighted by atomic mass is 16.7. The van der Waals surface area contributed by atoms with E-state index in [1.165, 1.54) is 44.9 Å². The number of esters is 1. The number of rotatable bonds is 9. The molecule has 2 bridgehead atoms. The number of fused-ring (bicyclic) bond motifs is 5. The summed E-state index contributed by atoms with van der Waals surface area (Å²) in [7, 11) is 0. The molecule has 0 aromatic rings. The molecule has 0 amide bonds. The van der Waals surface area contributed by atoms with Gasteiger partial charge in [0.2, 0.25) is 0 Å². The lowest BCUT2D eigenvalue weighted by atomic mass is 9.68. The van der Waals surface area contributed by atoms with Gasteiger partial charge in [0.15, 0.2) is 6.29 Å². The number of carbonyl (C=O) groups is 1. The quantitative estimate of drug-likeness (QED) is 0.351. The van der Waals surface area contributed by atoms with Gasteiger partial charge in [-0.3, -0.25) is 4.79 Å². The van der Waals surface area contributed by atoms with E-state index in [1.807, 2.05) is 0 Å². The highest BCUT2D eigenvalue weighted by molar-refractivity contribution is 5.70. The third kappa shape index (κ3) is 4.65. The van der Waals surface area contributed by atoms with E-state index in [4.69, 9.17) is 14.2 Å². The summed E-state index contributed by atoms with van der Waals surface area (Å²) in [4.78, 5) is 13.3. The van der Waals surface area contributed by atoms with Crippen molar-refractivity contribution in [3.8, 4) is 0 Å². The van der Waals surface area contributed by atoms with Crippen LogP contribution in [0.25, 0.3) is 0 Å². The van der Waals surface area contributed by atoms with Gasteiger partial charge in [0, 0.05) is 6.61 Å². The first-order valence-corrected chi connectivity index (χ1v) is 14.6. The van der Waals surface area contributed by atoms with Crippen LogP contribution in [0.3, 0.4) is 0 Å². The fourth-order valence-corrected chi connectivity index (χ4v) is 9.18. The molecule has 0 N–H and O–H groups in total. The summed E-state index contributed by atoms with van der Waals surface area (Å²) >= 11 is 0. The minimum atomic E-state index is -0.212. The third-order valence-corrected chi connectivity index (χ3v) is 10.7. The summed E-state index contributed by atoms with van der Waals surface area (Å²) in [6, 6.07) is 0. The molecule has 4 aliphatic carbocycles. The van der Waals surface area contributed by atoms with Crippen LogP contribution in [0.1, 0.15) is 111 Å². The van der Waals surface area contributed by atoms with E-state index in [0.717, 1.165) is 80.6 Å². The minimum Gasteiger partial charge on any atom is -0.459 e. The zero-order chi connectivity index (χ0) is 23.0. The Morgan fingerprint density at radius 3 is 2.39 bits per heavy atom. The molecule has 0 aromatic heterocycles. The van der Waals surface area contributed by atoms with Gasteiger partial charge < -0.3 is 14.2 Å². The Morgan fingerprint density at radius 2 is 1.73 bits per heavy atom. The summed E-state index contributed by atoms with van der Waals surface area (Å²) in [5.41, 5.74) is -0.212. The Bertz CT molecular complexity index is 665. The van der Waals surface area contributed by atoms with Gasteiger partial charge in [0.1, 0.15) is 5.60 Å². The summed E-state index contributed by atoms with van der Waals surface area (Å²) in [5, 5.41) is 0. The van der Waals surface area contributed by atoms with E-state index in [-0.39, 0.29) is 24.0 Å². The van der Waals surface area contributed by atoms with Crippen molar-refractivity contribution in [3.05, 3.63) is 0 Å². The Labute approximate surface area is 201 Å². The molecule has 4 heteroatoms. The van der Waals surface area contributed by atoms with Gasteiger partial charge in [0.25, 0.3) is 0 Å². The van der Waals surface area contributed by atoms with Crippen LogP contribution in [0.15, 0.2) is 0 Å². The molecular weight excluding hydrogens is 412 g/mol. The molecule has 0 aromatic carbocycles. The van der Waals surface area contributed by atoms with Crippen molar-refractivity contribution in [1.29, 1.82) is 0 Å². The molecule has 9 atom stereocenters. The molecule has 5 aliphatic rings. The Morgan fingerprint density at radius 1 is 0.970 bits per heavy atom. The second-order valence-corrected chi connectivity index (χ2v) is 12.2. The normalized spacial score (nSPS) is 42.4. The van der Waals surface area contributed by atoms with Gasteiger partial charge in [0.05, 0.1) is 12.5 Å². The van der Waals surface area contributed by atoms with Crippen LogP contribution in [0.2, 0.25) is 0 Å². The molecular formula is C29H48O4. The van der Waals surface area contributed by atoms with Crippen molar-refractivity contribution in [1.82, 2.24) is 0 Å². The lowest BCUT2D eigenvalue weighted by Gasteiger charge is -2.40. The van der Waals surface area contributed by atoms with E-state index >= 15 is 0 Å². The van der Waals surface area contributed by atoms with Crippen LogP contribution >= 0.6 is 0 Å². The first-order chi connectivity index (χ1) is 16.1. The maximum Gasteiger partial charge on any atom is 0.308 e. The Balaban J connectivity index is 1.31. The number of hydrogen-bond acceptors (Lipinski definition) is 4. The SMILES string of the molecule is CCC1CC(CC)C2C3CC(CC3C(CC(=O)OC3(CC)CCCC3)OC3CCCCO3)C12. The molecule has 4 nitrogen and oxygen atoms in total. The summed E-state index contributed by atoms with van der Waals surface area (Å²) in [5.74, 6) is 5.64. The Hall–Kier alpha value is -0.610. The third-order valence-electron chi connectivity index (χ3n) is 10.7. The number of hydrogen-bond donors (Lipinski definition) is 0. The first kappa shape index (κ1) is 24.1. The highest BCUT2D eigenvalue weighted by Gasteiger charge is 2.61. The second-order valence-electron chi connectivity index (χ2n) is 12.2. The van der Waals surface area contributed by atoms with Crippen LogP contribution in [0, 0.1) is 41.4 Å². The van der Waals surface area contributed by atoms with Crippen molar-refractivity contribution in [2.45, 2.75) is 129 Å². The largest absolute Gasteiger partial charge is 0.459 e. The highest BCUT2D eigenvalue weighted by Crippen LogP contribution is 2.66. The number of ether oxygens (including phenoxy) is 3. The van der Waals surface area contributed by atoms with Crippen LogP contribution in [0.4, 0.5) is 0 Å². The average Bonchev–Trinajstić information content (AvgIpc) is 3.60. The minimum absolute atomic E-state index is 0.0243. The molecule has 0 spiro atoms. The van der Waals surface area contributed by atoms with Gasteiger partial charge in [-0.15, -0.1) is 0 Å². The molecule has 9 unspecified atom stereocenters. The average molecular weight is 461 g/mol. The van der Waals surface area contributed by atoms with E-state index in [0.29, 0.717) is 12.3 Å². The molecule has 1 aliphatic heterocycles. The fourth-order valence-electron chi connectivity index (χ4n) is 9.18.